The van der Waals surface area contributed by atoms with Crippen molar-refractivity contribution in [3.63, 3.8) is 0 Å². The summed E-state index contributed by atoms with van der Waals surface area (Å²) in [5.41, 5.74) is 2.54. The van der Waals surface area contributed by atoms with Gasteiger partial charge < -0.3 is 9.47 Å². The molecule has 2 aromatic rings. The summed E-state index contributed by atoms with van der Waals surface area (Å²) < 4.78 is 10.9. The summed E-state index contributed by atoms with van der Waals surface area (Å²) in [6, 6.07) is 12.8. The molecule has 1 heterocycles. The molecule has 0 fully saturated rings. The lowest BCUT2D eigenvalue weighted by Gasteiger charge is -2.18. The van der Waals surface area contributed by atoms with E-state index in [1.54, 1.807) is 14.2 Å². The van der Waals surface area contributed by atoms with Gasteiger partial charge >= 0.3 is 0 Å². The molecule has 1 aliphatic rings. The Labute approximate surface area is 115 Å². The van der Waals surface area contributed by atoms with E-state index in [-0.39, 0.29) is 0 Å². The Morgan fingerprint density at radius 3 is 2.37 bits per heavy atom. The summed E-state index contributed by atoms with van der Waals surface area (Å²) in [7, 11) is 1.85. The molecule has 1 aliphatic heterocycles. The highest BCUT2D eigenvalue weighted by molar-refractivity contribution is 7.03. The normalized spacial score (nSPS) is 14.7. The number of hydrogen-bond donors (Lipinski definition) is 0. The first-order valence-electron chi connectivity index (χ1n) is 6.46. The molecule has 3 rings (SSSR count). The average molecular weight is 270 g/mol. The van der Waals surface area contributed by atoms with E-state index >= 15 is 0 Å². The first-order valence-corrected chi connectivity index (χ1v) is 9.46. The first kappa shape index (κ1) is 12.3. The molecule has 0 N–H and O–H groups in total. The highest BCUT2D eigenvalue weighted by Crippen LogP contribution is 2.36. The zero-order valence-electron chi connectivity index (χ0n) is 11.8. The molecule has 0 saturated heterocycles. The summed E-state index contributed by atoms with van der Waals surface area (Å²) in [6.07, 6.45) is 0. The molecule has 0 radical (unpaired) electrons. The molecular formula is C16H18O2Si. The number of methoxy groups -OCH3 is 2. The van der Waals surface area contributed by atoms with Gasteiger partial charge in [0, 0.05) is 5.56 Å². The molecular weight excluding hydrogens is 252 g/mol. The second-order valence-electron chi connectivity index (χ2n) is 5.42. The van der Waals surface area contributed by atoms with Crippen molar-refractivity contribution in [3.05, 3.63) is 36.4 Å². The molecule has 0 unspecified atom stereocenters. The summed E-state index contributed by atoms with van der Waals surface area (Å²) >= 11 is 0. The van der Waals surface area contributed by atoms with Crippen molar-refractivity contribution in [2.24, 2.45) is 0 Å². The predicted octanol–water partition coefficient (Wildman–Crippen LogP) is 2.51. The number of hydrogen-bond acceptors (Lipinski definition) is 2. The molecule has 19 heavy (non-hydrogen) atoms. The molecule has 98 valence electrons. The topological polar surface area (TPSA) is 18.5 Å². The quantitative estimate of drug-likeness (QED) is 0.781. The van der Waals surface area contributed by atoms with E-state index in [2.05, 4.69) is 43.4 Å². The first-order chi connectivity index (χ1) is 9.09. The lowest BCUT2D eigenvalue weighted by molar-refractivity contribution is 0.414. The Hall–Kier alpha value is -1.74. The van der Waals surface area contributed by atoms with Gasteiger partial charge in [0.25, 0.3) is 0 Å². The van der Waals surface area contributed by atoms with Gasteiger partial charge in [-0.2, -0.15) is 0 Å². The second-order valence-corrected chi connectivity index (χ2v) is 9.75. The van der Waals surface area contributed by atoms with Crippen LogP contribution in [0.4, 0.5) is 0 Å². The maximum atomic E-state index is 5.56. The van der Waals surface area contributed by atoms with Gasteiger partial charge in [-0.05, 0) is 34.1 Å². The van der Waals surface area contributed by atoms with Gasteiger partial charge in [-0.3, -0.25) is 0 Å². The molecule has 0 aromatic heterocycles. The summed E-state index contributed by atoms with van der Waals surface area (Å²) in [4.78, 5) is 0. The van der Waals surface area contributed by atoms with Crippen LogP contribution >= 0.6 is 0 Å². The third-order valence-corrected chi connectivity index (χ3v) is 7.63. The predicted molar refractivity (Wildman–Crippen MR) is 81.7 cm³/mol. The number of ether oxygens (including phenoxy) is 2. The van der Waals surface area contributed by atoms with E-state index in [1.807, 2.05) is 6.07 Å². The minimum Gasteiger partial charge on any atom is -0.497 e. The second kappa shape index (κ2) is 4.13. The Morgan fingerprint density at radius 2 is 1.68 bits per heavy atom. The Kier molecular flexibility index (Phi) is 2.68. The maximum Gasteiger partial charge on any atom is 0.126 e. The van der Waals surface area contributed by atoms with Crippen molar-refractivity contribution in [3.8, 4) is 22.6 Å². The molecule has 0 bridgehead atoms. The van der Waals surface area contributed by atoms with E-state index in [9.17, 15) is 0 Å². The van der Waals surface area contributed by atoms with Crippen molar-refractivity contribution in [2.75, 3.05) is 14.2 Å². The van der Waals surface area contributed by atoms with Gasteiger partial charge in [0.15, 0.2) is 0 Å². The van der Waals surface area contributed by atoms with E-state index in [1.165, 1.54) is 21.5 Å². The minimum atomic E-state index is -1.60. The van der Waals surface area contributed by atoms with E-state index in [0.717, 1.165) is 11.5 Å². The zero-order chi connectivity index (χ0) is 13.6. The standard InChI is InChI=1S/C16H18O2Si/c1-17-11-8-9-14-12(10-11)16-13(18-2)6-5-7-15(16)19(14,3)4/h5-10H,1-4H3. The third kappa shape index (κ3) is 1.61. The smallest absolute Gasteiger partial charge is 0.126 e. The molecule has 0 aliphatic carbocycles. The van der Waals surface area contributed by atoms with E-state index < -0.39 is 8.07 Å². The van der Waals surface area contributed by atoms with Crippen LogP contribution in [0.1, 0.15) is 0 Å². The van der Waals surface area contributed by atoms with Crippen LogP contribution in [0.2, 0.25) is 13.1 Å². The van der Waals surface area contributed by atoms with E-state index in [4.69, 9.17) is 9.47 Å². The van der Waals surface area contributed by atoms with Crippen molar-refractivity contribution in [1.29, 1.82) is 0 Å². The highest BCUT2D eigenvalue weighted by Gasteiger charge is 2.39. The molecule has 0 spiro atoms. The number of fused-ring (bicyclic) bond motifs is 3. The summed E-state index contributed by atoms with van der Waals surface area (Å²) in [6.45, 7) is 4.78. The van der Waals surface area contributed by atoms with E-state index in [0.29, 0.717) is 0 Å². The average Bonchev–Trinajstić information content (AvgIpc) is 2.67. The Morgan fingerprint density at radius 1 is 0.895 bits per heavy atom. The fraction of sp³-hybridized carbons (Fsp3) is 0.250. The monoisotopic (exact) mass is 270 g/mol. The Balaban J connectivity index is 2.36. The SMILES string of the molecule is COc1ccc2c(c1)-c1c(OC)cccc1[Si]2(C)C. The van der Waals surface area contributed by atoms with Crippen LogP contribution in [-0.4, -0.2) is 22.3 Å². The minimum absolute atomic E-state index is 0.905. The summed E-state index contributed by atoms with van der Waals surface area (Å²) in [5.74, 6) is 1.87. The molecule has 3 heteroatoms. The zero-order valence-corrected chi connectivity index (χ0v) is 12.8. The van der Waals surface area contributed by atoms with Gasteiger partial charge in [0.2, 0.25) is 0 Å². The van der Waals surface area contributed by atoms with Crippen LogP contribution in [0.5, 0.6) is 11.5 Å². The molecule has 0 saturated carbocycles. The highest BCUT2D eigenvalue weighted by atomic mass is 28.3. The molecule has 0 amide bonds. The lowest BCUT2D eigenvalue weighted by Crippen LogP contribution is -2.49. The number of benzene rings is 2. The van der Waals surface area contributed by atoms with Gasteiger partial charge in [0.1, 0.15) is 19.6 Å². The third-order valence-electron chi connectivity index (χ3n) is 4.09. The summed E-state index contributed by atoms with van der Waals surface area (Å²) in [5, 5.41) is 2.92. The van der Waals surface area contributed by atoms with Crippen molar-refractivity contribution in [2.45, 2.75) is 13.1 Å². The van der Waals surface area contributed by atoms with Gasteiger partial charge in [0.05, 0.1) is 14.2 Å². The van der Waals surface area contributed by atoms with Crippen LogP contribution in [0.3, 0.4) is 0 Å². The van der Waals surface area contributed by atoms with Crippen molar-refractivity contribution >= 4 is 18.4 Å². The molecule has 0 atom stereocenters. The van der Waals surface area contributed by atoms with Crippen LogP contribution in [0.25, 0.3) is 11.1 Å². The Bertz CT molecular complexity index is 647. The number of rotatable bonds is 2. The molecule has 2 nitrogen and oxygen atoms in total. The van der Waals surface area contributed by atoms with Crippen LogP contribution in [0.15, 0.2) is 36.4 Å². The largest absolute Gasteiger partial charge is 0.497 e. The van der Waals surface area contributed by atoms with Gasteiger partial charge in [-0.1, -0.05) is 31.3 Å². The van der Waals surface area contributed by atoms with Crippen molar-refractivity contribution < 1.29 is 9.47 Å². The fourth-order valence-corrected chi connectivity index (χ4v) is 6.10. The lowest BCUT2D eigenvalue weighted by atomic mass is 10.0. The maximum absolute atomic E-state index is 5.56. The van der Waals surface area contributed by atoms with Crippen LogP contribution < -0.4 is 19.8 Å². The van der Waals surface area contributed by atoms with Crippen molar-refractivity contribution in [1.82, 2.24) is 0 Å². The van der Waals surface area contributed by atoms with Gasteiger partial charge in [-0.25, -0.2) is 0 Å². The van der Waals surface area contributed by atoms with Crippen LogP contribution in [0, 0.1) is 0 Å². The fourth-order valence-electron chi connectivity index (χ4n) is 3.05. The van der Waals surface area contributed by atoms with Gasteiger partial charge in [-0.15, -0.1) is 0 Å². The van der Waals surface area contributed by atoms with Crippen LogP contribution in [-0.2, 0) is 0 Å². The molecule has 2 aromatic carbocycles.